The predicted molar refractivity (Wildman–Crippen MR) is 72.4 cm³/mol. The quantitative estimate of drug-likeness (QED) is 0.631. The van der Waals surface area contributed by atoms with Crippen LogP contribution in [-0.4, -0.2) is 37.4 Å². The van der Waals surface area contributed by atoms with Gasteiger partial charge >= 0.3 is 5.97 Å². The Morgan fingerprint density at radius 1 is 1.42 bits per heavy atom. The second-order valence-corrected chi connectivity index (χ2v) is 4.06. The summed E-state index contributed by atoms with van der Waals surface area (Å²) in [5.41, 5.74) is 1.07. The van der Waals surface area contributed by atoms with Crippen LogP contribution in [0.25, 0.3) is 0 Å². The topological polar surface area (TPSA) is 67.8 Å². The van der Waals surface area contributed by atoms with Crippen molar-refractivity contribution < 1.29 is 19.4 Å². The Balaban J connectivity index is 2.25. The highest BCUT2D eigenvalue weighted by molar-refractivity contribution is 5.68. The van der Waals surface area contributed by atoms with Crippen molar-refractivity contribution >= 4 is 5.97 Å². The molecular formula is C14H21NO4. The number of ether oxygens (including phenoxy) is 2. The Kier molecular flexibility index (Phi) is 7.62. The van der Waals surface area contributed by atoms with Gasteiger partial charge in [-0.1, -0.05) is 12.1 Å². The standard InChI is InChI=1S/C14H21NO4/c1-2-18-8-4-7-15-10-12-5-3-6-13(9-12)19-11-14(16)17/h3,5-6,9,15H,2,4,7-8,10-11H2,1H3,(H,16,17). The molecule has 0 saturated heterocycles. The molecule has 106 valence electrons. The van der Waals surface area contributed by atoms with Gasteiger partial charge in [-0.3, -0.25) is 0 Å². The molecule has 0 radical (unpaired) electrons. The number of aliphatic carboxylic acids is 1. The second kappa shape index (κ2) is 9.35. The number of hydrogen-bond donors (Lipinski definition) is 2. The number of rotatable bonds is 10. The van der Waals surface area contributed by atoms with Gasteiger partial charge in [-0.05, 0) is 37.6 Å². The van der Waals surface area contributed by atoms with Crippen molar-refractivity contribution in [3.05, 3.63) is 29.8 Å². The van der Waals surface area contributed by atoms with Crippen molar-refractivity contribution in [1.29, 1.82) is 0 Å². The van der Waals surface area contributed by atoms with Crippen molar-refractivity contribution in [2.45, 2.75) is 19.9 Å². The van der Waals surface area contributed by atoms with Crippen LogP contribution in [0, 0.1) is 0 Å². The average molecular weight is 267 g/mol. The third-order valence-electron chi connectivity index (χ3n) is 2.44. The Bertz CT molecular complexity index is 381. The molecule has 0 saturated carbocycles. The number of hydrogen-bond acceptors (Lipinski definition) is 4. The summed E-state index contributed by atoms with van der Waals surface area (Å²) in [4.78, 5) is 10.4. The maximum Gasteiger partial charge on any atom is 0.341 e. The third-order valence-corrected chi connectivity index (χ3v) is 2.44. The minimum absolute atomic E-state index is 0.314. The first-order chi connectivity index (χ1) is 9.22. The van der Waals surface area contributed by atoms with E-state index in [0.717, 1.165) is 38.3 Å². The van der Waals surface area contributed by atoms with Gasteiger partial charge in [-0.25, -0.2) is 4.79 Å². The van der Waals surface area contributed by atoms with Gasteiger partial charge in [0.1, 0.15) is 5.75 Å². The number of carbonyl (C=O) groups is 1. The highest BCUT2D eigenvalue weighted by Crippen LogP contribution is 2.13. The Morgan fingerprint density at radius 2 is 2.26 bits per heavy atom. The van der Waals surface area contributed by atoms with E-state index >= 15 is 0 Å². The molecule has 0 heterocycles. The highest BCUT2D eigenvalue weighted by atomic mass is 16.5. The summed E-state index contributed by atoms with van der Waals surface area (Å²) in [6, 6.07) is 7.43. The second-order valence-electron chi connectivity index (χ2n) is 4.06. The Morgan fingerprint density at radius 3 is 3.00 bits per heavy atom. The van der Waals surface area contributed by atoms with E-state index in [2.05, 4.69) is 5.32 Å². The van der Waals surface area contributed by atoms with Gasteiger partial charge in [-0.2, -0.15) is 0 Å². The van der Waals surface area contributed by atoms with Gasteiger partial charge < -0.3 is 19.9 Å². The molecule has 0 spiro atoms. The lowest BCUT2D eigenvalue weighted by molar-refractivity contribution is -0.139. The number of carboxylic acids is 1. The molecule has 1 aromatic rings. The van der Waals surface area contributed by atoms with Crippen molar-refractivity contribution in [2.75, 3.05) is 26.4 Å². The van der Waals surface area contributed by atoms with E-state index in [1.165, 1.54) is 0 Å². The van der Waals surface area contributed by atoms with Crippen molar-refractivity contribution in [3.8, 4) is 5.75 Å². The van der Waals surface area contributed by atoms with Crippen molar-refractivity contribution in [3.63, 3.8) is 0 Å². The Hall–Kier alpha value is -1.59. The normalized spacial score (nSPS) is 10.4. The van der Waals surface area contributed by atoms with E-state index in [0.29, 0.717) is 5.75 Å². The van der Waals surface area contributed by atoms with E-state index < -0.39 is 5.97 Å². The summed E-state index contributed by atoms with van der Waals surface area (Å²) in [5.74, 6) is -0.393. The number of nitrogens with one attached hydrogen (secondary N) is 1. The van der Waals surface area contributed by atoms with Gasteiger partial charge in [0.25, 0.3) is 0 Å². The molecule has 0 unspecified atom stereocenters. The zero-order valence-corrected chi connectivity index (χ0v) is 11.2. The molecular weight excluding hydrogens is 246 g/mol. The molecule has 2 N–H and O–H groups in total. The van der Waals surface area contributed by atoms with Crippen LogP contribution >= 0.6 is 0 Å². The van der Waals surface area contributed by atoms with Crippen LogP contribution in [0.5, 0.6) is 5.75 Å². The minimum Gasteiger partial charge on any atom is -0.482 e. The molecule has 0 atom stereocenters. The summed E-state index contributed by atoms with van der Waals surface area (Å²) in [5, 5.41) is 11.8. The van der Waals surface area contributed by atoms with Crippen LogP contribution in [-0.2, 0) is 16.1 Å². The lowest BCUT2D eigenvalue weighted by Crippen LogP contribution is -2.16. The molecule has 0 aliphatic carbocycles. The molecule has 1 aromatic carbocycles. The number of carboxylic acid groups (broad SMARTS) is 1. The summed E-state index contributed by atoms with van der Waals surface area (Å²) < 4.78 is 10.4. The molecule has 19 heavy (non-hydrogen) atoms. The molecule has 0 amide bonds. The predicted octanol–water partition coefficient (Wildman–Crippen LogP) is 1.67. The summed E-state index contributed by atoms with van der Waals surface area (Å²) >= 11 is 0. The third kappa shape index (κ3) is 7.43. The molecule has 5 heteroatoms. The van der Waals surface area contributed by atoms with Crippen LogP contribution in [0.4, 0.5) is 0 Å². The highest BCUT2D eigenvalue weighted by Gasteiger charge is 2.00. The van der Waals surface area contributed by atoms with Crippen LogP contribution in [0.15, 0.2) is 24.3 Å². The molecule has 0 aromatic heterocycles. The average Bonchev–Trinajstić information content (AvgIpc) is 2.41. The molecule has 0 bridgehead atoms. The summed E-state index contributed by atoms with van der Waals surface area (Å²) in [6.45, 7) is 4.81. The fraction of sp³-hybridized carbons (Fsp3) is 0.500. The zero-order chi connectivity index (χ0) is 13.9. The molecule has 0 aliphatic heterocycles. The molecule has 5 nitrogen and oxygen atoms in total. The number of benzene rings is 1. The van der Waals surface area contributed by atoms with Crippen LogP contribution < -0.4 is 10.1 Å². The van der Waals surface area contributed by atoms with E-state index in [1.54, 1.807) is 6.07 Å². The lowest BCUT2D eigenvalue weighted by atomic mass is 10.2. The van der Waals surface area contributed by atoms with Gasteiger partial charge in [0.05, 0.1) is 0 Å². The van der Waals surface area contributed by atoms with Gasteiger partial charge in [-0.15, -0.1) is 0 Å². The van der Waals surface area contributed by atoms with Crippen LogP contribution in [0.3, 0.4) is 0 Å². The van der Waals surface area contributed by atoms with Gasteiger partial charge in [0.2, 0.25) is 0 Å². The Labute approximate surface area is 113 Å². The van der Waals surface area contributed by atoms with Gasteiger partial charge in [0, 0.05) is 19.8 Å². The monoisotopic (exact) mass is 267 g/mol. The first-order valence-corrected chi connectivity index (χ1v) is 6.44. The zero-order valence-electron chi connectivity index (χ0n) is 11.2. The summed E-state index contributed by atoms with van der Waals surface area (Å²) in [7, 11) is 0. The van der Waals surface area contributed by atoms with E-state index in [-0.39, 0.29) is 6.61 Å². The summed E-state index contributed by atoms with van der Waals surface area (Å²) in [6.07, 6.45) is 0.975. The fourth-order valence-electron chi connectivity index (χ4n) is 1.57. The van der Waals surface area contributed by atoms with E-state index in [9.17, 15) is 4.79 Å². The van der Waals surface area contributed by atoms with Crippen LogP contribution in [0.2, 0.25) is 0 Å². The smallest absolute Gasteiger partial charge is 0.341 e. The van der Waals surface area contributed by atoms with E-state index in [4.69, 9.17) is 14.6 Å². The van der Waals surface area contributed by atoms with Gasteiger partial charge in [0.15, 0.2) is 6.61 Å². The molecule has 1 rings (SSSR count). The van der Waals surface area contributed by atoms with Crippen LogP contribution in [0.1, 0.15) is 18.9 Å². The lowest BCUT2D eigenvalue weighted by Gasteiger charge is -2.07. The first-order valence-electron chi connectivity index (χ1n) is 6.44. The maximum absolute atomic E-state index is 10.4. The minimum atomic E-state index is -0.973. The van der Waals surface area contributed by atoms with Crippen molar-refractivity contribution in [2.24, 2.45) is 0 Å². The fourth-order valence-corrected chi connectivity index (χ4v) is 1.57. The molecule has 0 fully saturated rings. The maximum atomic E-state index is 10.4. The SMILES string of the molecule is CCOCCCNCc1cccc(OCC(=O)O)c1. The van der Waals surface area contributed by atoms with E-state index in [1.807, 2.05) is 25.1 Å². The molecule has 0 aliphatic rings. The van der Waals surface area contributed by atoms with Crippen molar-refractivity contribution in [1.82, 2.24) is 5.32 Å². The first kappa shape index (κ1) is 15.5. The largest absolute Gasteiger partial charge is 0.482 e.